The van der Waals surface area contributed by atoms with E-state index in [2.05, 4.69) is 23.5 Å². The van der Waals surface area contributed by atoms with E-state index < -0.39 is 0 Å². The Morgan fingerprint density at radius 1 is 1.08 bits per heavy atom. The van der Waals surface area contributed by atoms with Crippen molar-refractivity contribution in [3.05, 3.63) is 59.2 Å². The maximum absolute atomic E-state index is 12.0. The van der Waals surface area contributed by atoms with Gasteiger partial charge in [-0.25, -0.2) is 0 Å². The van der Waals surface area contributed by atoms with Gasteiger partial charge in [-0.1, -0.05) is 18.2 Å². The van der Waals surface area contributed by atoms with Crippen molar-refractivity contribution in [2.24, 2.45) is 0 Å². The number of hydrogen-bond donors (Lipinski definition) is 1. The fourth-order valence-corrected chi connectivity index (χ4v) is 2.94. The van der Waals surface area contributed by atoms with Gasteiger partial charge in [-0.15, -0.1) is 0 Å². The molecule has 4 heteroatoms. The van der Waals surface area contributed by atoms with Crippen LogP contribution < -0.4 is 10.1 Å². The number of nitrogens with zero attached hydrogens (tertiary/aromatic N) is 1. The van der Waals surface area contributed by atoms with Gasteiger partial charge in [0, 0.05) is 5.69 Å². The summed E-state index contributed by atoms with van der Waals surface area (Å²) in [6, 6.07) is 15.5. The molecule has 0 spiro atoms. The van der Waals surface area contributed by atoms with Crippen LogP contribution in [0.2, 0.25) is 0 Å². The Bertz CT molecular complexity index is 760. The molecule has 0 aliphatic heterocycles. The average Bonchev–Trinajstić information content (AvgIpc) is 2.62. The summed E-state index contributed by atoms with van der Waals surface area (Å²) in [6.07, 6.45) is 5.07. The topological polar surface area (TPSA) is 62.1 Å². The SMILES string of the molecule is N#CCc1ccc(NC(=O)COc2ccc3c(c2)CCCC3)cc1. The van der Waals surface area contributed by atoms with E-state index in [1.54, 1.807) is 12.1 Å². The summed E-state index contributed by atoms with van der Waals surface area (Å²) >= 11 is 0. The monoisotopic (exact) mass is 320 g/mol. The fourth-order valence-electron chi connectivity index (χ4n) is 2.94. The summed E-state index contributed by atoms with van der Waals surface area (Å²) in [4.78, 5) is 12.0. The predicted octanol–water partition coefficient (Wildman–Crippen LogP) is 3.65. The van der Waals surface area contributed by atoms with Crippen LogP contribution in [0, 0.1) is 11.3 Å². The molecule has 24 heavy (non-hydrogen) atoms. The molecule has 1 aliphatic carbocycles. The Kier molecular flexibility index (Phi) is 5.12. The fraction of sp³-hybridized carbons (Fsp3) is 0.300. The molecule has 3 rings (SSSR count). The molecule has 0 saturated carbocycles. The normalized spacial score (nSPS) is 12.8. The standard InChI is InChI=1S/C20H20N2O2/c21-12-11-15-5-8-18(9-6-15)22-20(23)14-24-19-10-7-16-3-1-2-4-17(16)13-19/h5-10,13H,1-4,11,14H2,(H,22,23). The number of carbonyl (C=O) groups is 1. The van der Waals surface area contributed by atoms with Gasteiger partial charge < -0.3 is 10.1 Å². The summed E-state index contributed by atoms with van der Waals surface area (Å²) in [6.45, 7) is -0.0151. The lowest BCUT2D eigenvalue weighted by molar-refractivity contribution is -0.118. The molecule has 4 nitrogen and oxygen atoms in total. The van der Waals surface area contributed by atoms with E-state index in [0.717, 1.165) is 24.2 Å². The molecule has 2 aromatic carbocycles. The van der Waals surface area contributed by atoms with Crippen LogP contribution in [0.3, 0.4) is 0 Å². The number of nitrogens with one attached hydrogen (secondary N) is 1. The molecule has 1 amide bonds. The minimum absolute atomic E-state index is 0.0151. The highest BCUT2D eigenvalue weighted by Crippen LogP contribution is 2.25. The molecule has 0 saturated heterocycles. The molecule has 1 aliphatic rings. The van der Waals surface area contributed by atoms with Crippen molar-refractivity contribution >= 4 is 11.6 Å². The third-order valence-electron chi connectivity index (χ3n) is 4.21. The minimum Gasteiger partial charge on any atom is -0.484 e. The van der Waals surface area contributed by atoms with E-state index in [4.69, 9.17) is 10.00 Å². The number of fused-ring (bicyclic) bond motifs is 1. The highest BCUT2D eigenvalue weighted by Gasteiger charge is 2.10. The molecule has 0 bridgehead atoms. The number of ether oxygens (including phenoxy) is 1. The number of benzene rings is 2. The van der Waals surface area contributed by atoms with E-state index in [9.17, 15) is 4.79 Å². The van der Waals surface area contributed by atoms with Crippen LogP contribution in [0.1, 0.15) is 29.5 Å². The van der Waals surface area contributed by atoms with Gasteiger partial charge in [0.25, 0.3) is 5.91 Å². The van der Waals surface area contributed by atoms with Crippen molar-refractivity contribution in [3.63, 3.8) is 0 Å². The molecular weight excluding hydrogens is 300 g/mol. The molecule has 0 radical (unpaired) electrons. The Balaban J connectivity index is 1.53. The van der Waals surface area contributed by atoms with Crippen LogP contribution in [0.5, 0.6) is 5.75 Å². The lowest BCUT2D eigenvalue weighted by atomic mass is 9.92. The van der Waals surface area contributed by atoms with Gasteiger partial charge >= 0.3 is 0 Å². The second-order valence-electron chi connectivity index (χ2n) is 6.01. The minimum atomic E-state index is -0.194. The molecule has 122 valence electrons. The summed E-state index contributed by atoms with van der Waals surface area (Å²) in [5, 5.41) is 11.4. The maximum Gasteiger partial charge on any atom is 0.262 e. The van der Waals surface area contributed by atoms with Gasteiger partial charge in [0.15, 0.2) is 6.61 Å². The van der Waals surface area contributed by atoms with Crippen LogP contribution in [0.25, 0.3) is 0 Å². The van der Waals surface area contributed by atoms with Crippen molar-refractivity contribution in [1.82, 2.24) is 0 Å². The number of nitriles is 1. The number of anilines is 1. The number of carbonyl (C=O) groups excluding carboxylic acids is 1. The van der Waals surface area contributed by atoms with E-state index in [1.165, 1.54) is 24.0 Å². The lowest BCUT2D eigenvalue weighted by Crippen LogP contribution is -2.20. The van der Waals surface area contributed by atoms with Gasteiger partial charge in [0.2, 0.25) is 0 Å². The largest absolute Gasteiger partial charge is 0.484 e. The van der Waals surface area contributed by atoms with E-state index in [-0.39, 0.29) is 12.5 Å². The van der Waals surface area contributed by atoms with Crippen molar-refractivity contribution < 1.29 is 9.53 Å². The lowest BCUT2D eigenvalue weighted by Gasteiger charge is -2.16. The number of rotatable bonds is 5. The van der Waals surface area contributed by atoms with Gasteiger partial charge in [-0.05, 0) is 66.6 Å². The third kappa shape index (κ3) is 4.14. The molecule has 0 unspecified atom stereocenters. The highest BCUT2D eigenvalue weighted by atomic mass is 16.5. The number of amides is 1. The Hall–Kier alpha value is -2.80. The summed E-state index contributed by atoms with van der Waals surface area (Å²) in [7, 11) is 0. The van der Waals surface area contributed by atoms with Crippen LogP contribution in [0.15, 0.2) is 42.5 Å². The average molecular weight is 320 g/mol. The first kappa shape index (κ1) is 16.1. The van der Waals surface area contributed by atoms with E-state index in [1.807, 2.05) is 18.2 Å². The molecule has 0 aromatic heterocycles. The van der Waals surface area contributed by atoms with Crippen molar-refractivity contribution in [3.8, 4) is 11.8 Å². The Morgan fingerprint density at radius 3 is 2.58 bits per heavy atom. The zero-order chi connectivity index (χ0) is 16.8. The zero-order valence-electron chi connectivity index (χ0n) is 13.5. The second kappa shape index (κ2) is 7.65. The summed E-state index contributed by atoms with van der Waals surface area (Å²) < 4.78 is 5.61. The van der Waals surface area contributed by atoms with E-state index in [0.29, 0.717) is 12.1 Å². The number of aryl methyl sites for hydroxylation is 2. The summed E-state index contributed by atoms with van der Waals surface area (Å²) in [5.74, 6) is 0.552. The highest BCUT2D eigenvalue weighted by molar-refractivity contribution is 5.91. The van der Waals surface area contributed by atoms with Crippen molar-refractivity contribution in [1.29, 1.82) is 5.26 Å². The molecule has 0 fully saturated rings. The zero-order valence-corrected chi connectivity index (χ0v) is 13.5. The quantitative estimate of drug-likeness (QED) is 0.914. The van der Waals surface area contributed by atoms with E-state index >= 15 is 0 Å². The van der Waals surface area contributed by atoms with Crippen LogP contribution in [-0.4, -0.2) is 12.5 Å². The molecule has 2 aromatic rings. The molecule has 0 heterocycles. The van der Waals surface area contributed by atoms with Crippen molar-refractivity contribution in [2.75, 3.05) is 11.9 Å². The predicted molar refractivity (Wildman–Crippen MR) is 93.0 cm³/mol. The van der Waals surface area contributed by atoms with Crippen LogP contribution >= 0.6 is 0 Å². The molecule has 1 N–H and O–H groups in total. The smallest absolute Gasteiger partial charge is 0.262 e. The first-order valence-electron chi connectivity index (χ1n) is 8.25. The maximum atomic E-state index is 12.0. The van der Waals surface area contributed by atoms with Crippen LogP contribution in [0.4, 0.5) is 5.69 Å². The van der Waals surface area contributed by atoms with Gasteiger partial charge in [0.05, 0.1) is 12.5 Å². The first-order chi connectivity index (χ1) is 11.7. The third-order valence-corrected chi connectivity index (χ3v) is 4.21. The van der Waals surface area contributed by atoms with Gasteiger partial charge in [0.1, 0.15) is 5.75 Å². The first-order valence-corrected chi connectivity index (χ1v) is 8.25. The molecule has 0 atom stereocenters. The van der Waals surface area contributed by atoms with Crippen molar-refractivity contribution in [2.45, 2.75) is 32.1 Å². The van der Waals surface area contributed by atoms with Gasteiger partial charge in [-0.3, -0.25) is 4.79 Å². The van der Waals surface area contributed by atoms with Crippen LogP contribution in [-0.2, 0) is 24.1 Å². The van der Waals surface area contributed by atoms with Gasteiger partial charge in [-0.2, -0.15) is 5.26 Å². The number of hydrogen-bond acceptors (Lipinski definition) is 3. The molecular formula is C20H20N2O2. The Morgan fingerprint density at radius 2 is 1.83 bits per heavy atom. The summed E-state index contributed by atoms with van der Waals surface area (Å²) in [5.41, 5.74) is 4.37. The second-order valence-corrected chi connectivity index (χ2v) is 6.01. The Labute approximate surface area is 142 Å².